The molecule has 3 aromatic carbocycles. The van der Waals surface area contributed by atoms with E-state index in [0.717, 1.165) is 22.5 Å². The van der Waals surface area contributed by atoms with Gasteiger partial charge in [-0.3, -0.25) is 18.6 Å². The standard InChI is InChI=1S/C28H33N2O10P/c29-25(28(33)34)19-40-41(35,36)39-18-24(31)17-38-27(32)14-13-21-8-4-5-12-26(21)37-16-20-7-6-11-23(15-20)30-22-9-2-1-3-10-22/h1-12,15,24-25,30-31H,13-14,16-19,29H2,(H,33,34)(H,35,36)/t24-,25+/m1/s1. The van der Waals surface area contributed by atoms with Gasteiger partial charge >= 0.3 is 19.8 Å². The van der Waals surface area contributed by atoms with Gasteiger partial charge in [-0.15, -0.1) is 0 Å². The first kappa shape index (κ1) is 31.8. The van der Waals surface area contributed by atoms with Crippen molar-refractivity contribution in [3.8, 4) is 5.75 Å². The Hall–Kier alpha value is -3.77. The van der Waals surface area contributed by atoms with Crippen molar-refractivity contribution in [2.75, 3.05) is 25.1 Å². The molecule has 0 aliphatic rings. The number of aliphatic hydroxyl groups is 1. The molecule has 0 saturated carbocycles. The fourth-order valence-electron chi connectivity index (χ4n) is 3.45. The van der Waals surface area contributed by atoms with E-state index in [1.165, 1.54) is 0 Å². The number of aryl methyl sites for hydroxylation is 1. The Labute approximate surface area is 237 Å². The number of carboxylic acid groups (broad SMARTS) is 1. The predicted octanol–water partition coefficient (Wildman–Crippen LogP) is 3.39. The van der Waals surface area contributed by atoms with Crippen LogP contribution in [0.15, 0.2) is 78.9 Å². The van der Waals surface area contributed by atoms with Gasteiger partial charge in [-0.1, -0.05) is 48.5 Å². The molecule has 3 atom stereocenters. The summed E-state index contributed by atoms with van der Waals surface area (Å²) in [4.78, 5) is 32.4. The number of para-hydroxylation sites is 2. The number of nitrogens with one attached hydrogen (secondary N) is 1. The Balaban J connectivity index is 1.41. The van der Waals surface area contributed by atoms with Crippen molar-refractivity contribution in [2.24, 2.45) is 5.73 Å². The van der Waals surface area contributed by atoms with Gasteiger partial charge in [0.1, 0.15) is 31.1 Å². The molecule has 0 aromatic heterocycles. The van der Waals surface area contributed by atoms with E-state index in [0.29, 0.717) is 18.8 Å². The van der Waals surface area contributed by atoms with E-state index in [-0.39, 0.29) is 6.42 Å². The van der Waals surface area contributed by atoms with E-state index < -0.39 is 51.7 Å². The smallest absolute Gasteiger partial charge is 0.472 e. The number of anilines is 2. The summed E-state index contributed by atoms with van der Waals surface area (Å²) < 4.78 is 31.8. The lowest BCUT2D eigenvalue weighted by molar-refractivity contribution is -0.147. The lowest BCUT2D eigenvalue weighted by Gasteiger charge is -2.16. The number of hydrogen-bond acceptors (Lipinski definition) is 10. The van der Waals surface area contributed by atoms with Crippen LogP contribution < -0.4 is 15.8 Å². The van der Waals surface area contributed by atoms with E-state index in [1.807, 2.05) is 78.9 Å². The lowest BCUT2D eigenvalue weighted by atomic mass is 10.1. The number of carbonyl (C=O) groups excluding carboxylic acids is 1. The monoisotopic (exact) mass is 588 g/mol. The van der Waals surface area contributed by atoms with Crippen LogP contribution in [0.25, 0.3) is 0 Å². The molecule has 13 heteroatoms. The van der Waals surface area contributed by atoms with Crippen LogP contribution in [0.3, 0.4) is 0 Å². The number of carbonyl (C=O) groups is 2. The molecule has 3 aromatic rings. The maximum atomic E-state index is 12.2. The van der Waals surface area contributed by atoms with Crippen molar-refractivity contribution in [1.82, 2.24) is 0 Å². The largest absolute Gasteiger partial charge is 0.489 e. The second-order valence-corrected chi connectivity index (χ2v) is 10.4. The summed E-state index contributed by atoms with van der Waals surface area (Å²) in [5.41, 5.74) is 8.84. The Morgan fingerprint density at radius 2 is 1.59 bits per heavy atom. The molecule has 1 unspecified atom stereocenters. The van der Waals surface area contributed by atoms with Crippen molar-refractivity contribution in [3.05, 3.63) is 90.0 Å². The number of nitrogens with two attached hydrogens (primary N) is 1. The molecule has 0 heterocycles. The van der Waals surface area contributed by atoms with Gasteiger partial charge in [0.15, 0.2) is 0 Å². The van der Waals surface area contributed by atoms with Gasteiger partial charge in [-0.2, -0.15) is 0 Å². The second kappa shape index (κ2) is 15.9. The summed E-state index contributed by atoms with van der Waals surface area (Å²) in [6.07, 6.45) is -1.10. The van der Waals surface area contributed by atoms with Crippen LogP contribution in [0.1, 0.15) is 17.5 Å². The Bertz CT molecular complexity index is 1320. The van der Waals surface area contributed by atoms with Crippen LogP contribution in [0.4, 0.5) is 11.4 Å². The summed E-state index contributed by atoms with van der Waals surface area (Å²) in [7, 11) is -4.66. The molecule has 3 rings (SSSR count). The molecule has 12 nitrogen and oxygen atoms in total. The first-order chi connectivity index (χ1) is 19.6. The summed E-state index contributed by atoms with van der Waals surface area (Å²) in [6.45, 7) is -1.63. The van der Waals surface area contributed by atoms with E-state index in [2.05, 4.69) is 14.4 Å². The highest BCUT2D eigenvalue weighted by Crippen LogP contribution is 2.43. The maximum absolute atomic E-state index is 12.2. The van der Waals surface area contributed by atoms with Crippen LogP contribution in [0.2, 0.25) is 0 Å². The number of ether oxygens (including phenoxy) is 2. The minimum Gasteiger partial charge on any atom is -0.489 e. The van der Waals surface area contributed by atoms with Gasteiger partial charge in [0.25, 0.3) is 0 Å². The average molecular weight is 589 g/mol. The summed E-state index contributed by atoms with van der Waals surface area (Å²) >= 11 is 0. The maximum Gasteiger partial charge on any atom is 0.472 e. The van der Waals surface area contributed by atoms with Crippen LogP contribution in [0.5, 0.6) is 5.75 Å². The zero-order chi connectivity index (χ0) is 29.7. The minimum atomic E-state index is -4.66. The summed E-state index contributed by atoms with van der Waals surface area (Å²) in [6, 6.07) is 23.5. The normalized spacial score (nSPS) is 13.9. The van der Waals surface area contributed by atoms with Gasteiger partial charge in [0.05, 0.1) is 13.2 Å². The number of benzene rings is 3. The van der Waals surface area contributed by atoms with Gasteiger partial charge < -0.3 is 35.6 Å². The molecule has 0 amide bonds. The fourth-order valence-corrected chi connectivity index (χ4v) is 4.23. The van der Waals surface area contributed by atoms with Crippen molar-refractivity contribution in [1.29, 1.82) is 0 Å². The summed E-state index contributed by atoms with van der Waals surface area (Å²) in [5.74, 6) is -1.40. The van der Waals surface area contributed by atoms with Gasteiger partial charge in [-0.05, 0) is 47.9 Å². The number of rotatable bonds is 17. The summed E-state index contributed by atoms with van der Waals surface area (Å²) in [5, 5.41) is 21.9. The third-order valence-electron chi connectivity index (χ3n) is 5.56. The molecule has 41 heavy (non-hydrogen) atoms. The molecule has 0 radical (unpaired) electrons. The first-order valence-corrected chi connectivity index (χ1v) is 14.2. The molecule has 0 spiro atoms. The molecule has 0 bridgehead atoms. The zero-order valence-electron chi connectivity index (χ0n) is 22.1. The second-order valence-electron chi connectivity index (χ2n) is 8.93. The number of aliphatic carboxylic acids is 1. The first-order valence-electron chi connectivity index (χ1n) is 12.7. The zero-order valence-corrected chi connectivity index (χ0v) is 23.0. The molecule has 6 N–H and O–H groups in total. The number of hydrogen-bond donors (Lipinski definition) is 5. The van der Waals surface area contributed by atoms with Crippen LogP contribution in [0, 0.1) is 0 Å². The molecular weight excluding hydrogens is 555 g/mol. The van der Waals surface area contributed by atoms with Crippen LogP contribution in [-0.4, -0.2) is 59.0 Å². The quantitative estimate of drug-likeness (QED) is 0.114. The van der Waals surface area contributed by atoms with Crippen molar-refractivity contribution in [3.63, 3.8) is 0 Å². The molecule has 0 saturated heterocycles. The SMILES string of the molecule is N[C@@H](COP(=O)(O)OC[C@H](O)COC(=O)CCc1ccccc1OCc1cccc(Nc2ccccc2)c1)C(=O)O. The lowest BCUT2D eigenvalue weighted by Crippen LogP contribution is -2.34. The van der Waals surface area contributed by atoms with Gasteiger partial charge in [0.2, 0.25) is 0 Å². The Morgan fingerprint density at radius 1 is 0.902 bits per heavy atom. The van der Waals surface area contributed by atoms with Crippen molar-refractivity contribution in [2.45, 2.75) is 31.6 Å². The third kappa shape index (κ3) is 11.7. The minimum absolute atomic E-state index is 0.000881. The van der Waals surface area contributed by atoms with E-state index >= 15 is 0 Å². The van der Waals surface area contributed by atoms with Crippen molar-refractivity contribution >= 4 is 31.1 Å². The highest BCUT2D eigenvalue weighted by molar-refractivity contribution is 7.47. The molecule has 0 fully saturated rings. The van der Waals surface area contributed by atoms with E-state index in [4.69, 9.17) is 20.3 Å². The third-order valence-corrected chi connectivity index (χ3v) is 6.51. The predicted molar refractivity (Wildman–Crippen MR) is 150 cm³/mol. The number of esters is 1. The Morgan fingerprint density at radius 3 is 2.34 bits per heavy atom. The number of phosphoric ester groups is 1. The fraction of sp³-hybridized carbons (Fsp3) is 0.286. The molecule has 0 aliphatic heterocycles. The van der Waals surface area contributed by atoms with Gasteiger partial charge in [-0.25, -0.2) is 4.57 Å². The van der Waals surface area contributed by atoms with Crippen molar-refractivity contribution < 1.29 is 47.8 Å². The molecule has 0 aliphatic carbocycles. The molecule has 220 valence electrons. The number of phosphoric acid groups is 1. The number of carboxylic acids is 1. The van der Waals surface area contributed by atoms with E-state index in [9.17, 15) is 24.2 Å². The topological polar surface area (TPSA) is 187 Å². The average Bonchev–Trinajstić information content (AvgIpc) is 2.96. The van der Waals surface area contributed by atoms with E-state index in [1.54, 1.807) is 0 Å². The molecular formula is C28H33N2O10P. The number of aliphatic hydroxyl groups excluding tert-OH is 1. The highest BCUT2D eigenvalue weighted by Gasteiger charge is 2.26. The Kier molecular flexibility index (Phi) is 12.3. The van der Waals surface area contributed by atoms with Gasteiger partial charge in [0, 0.05) is 17.8 Å². The highest BCUT2D eigenvalue weighted by atomic mass is 31.2. The van der Waals surface area contributed by atoms with Crippen LogP contribution >= 0.6 is 7.82 Å². The van der Waals surface area contributed by atoms with Crippen LogP contribution in [-0.2, 0) is 41.0 Å².